The number of aromatic nitrogens is 3. The minimum Gasteiger partial charge on any atom is -0.320 e. The van der Waals surface area contributed by atoms with Crippen molar-refractivity contribution >= 4 is 26.6 Å². The Bertz CT molecular complexity index is 1860. The van der Waals surface area contributed by atoms with Gasteiger partial charge in [-0.15, -0.1) is 0 Å². The molecule has 0 spiro atoms. The number of sulfonamides is 1. The van der Waals surface area contributed by atoms with E-state index in [1.165, 1.54) is 36.8 Å². The largest absolute Gasteiger partial charge is 0.320 e. The molecular weight excluding hydrogens is 500 g/mol. The number of H-pyrrole nitrogens is 1. The van der Waals surface area contributed by atoms with Gasteiger partial charge >= 0.3 is 0 Å². The average Bonchev–Trinajstić information content (AvgIpc) is 2.87. The number of hydrogen-bond acceptors (Lipinski definition) is 6. The van der Waals surface area contributed by atoms with Gasteiger partial charge in [0.15, 0.2) is 0 Å². The summed E-state index contributed by atoms with van der Waals surface area (Å²) in [6.45, 7) is 0. The van der Waals surface area contributed by atoms with Gasteiger partial charge in [0.05, 0.1) is 16.2 Å². The molecule has 0 fully saturated rings. The molecule has 2 N–H and O–H groups in total. The number of anilines is 1. The predicted molar refractivity (Wildman–Crippen MR) is 133 cm³/mol. The molecule has 5 aromatic rings. The van der Waals surface area contributed by atoms with Gasteiger partial charge in [0.1, 0.15) is 29.8 Å². The maximum Gasteiger partial charge on any atom is 0.263 e. The zero-order valence-corrected chi connectivity index (χ0v) is 19.6. The van der Waals surface area contributed by atoms with E-state index in [0.29, 0.717) is 22.4 Å². The molecule has 0 unspecified atom stereocenters. The number of rotatable bonds is 5. The highest BCUT2D eigenvalue weighted by atomic mass is 32.2. The first-order chi connectivity index (χ1) is 17.7. The van der Waals surface area contributed by atoms with Crippen LogP contribution >= 0.6 is 0 Å². The molecule has 0 saturated heterocycles. The number of nitriles is 1. The maximum absolute atomic E-state index is 13.7. The van der Waals surface area contributed by atoms with Crippen molar-refractivity contribution in [3.8, 4) is 28.5 Å². The molecule has 0 aliphatic rings. The smallest absolute Gasteiger partial charge is 0.263 e. The Hall–Kier alpha value is -4.95. The third-order valence-electron chi connectivity index (χ3n) is 5.59. The molecule has 0 amide bonds. The van der Waals surface area contributed by atoms with Gasteiger partial charge < -0.3 is 4.98 Å². The summed E-state index contributed by atoms with van der Waals surface area (Å²) < 4.78 is 55.5. The monoisotopic (exact) mass is 515 g/mol. The quantitative estimate of drug-likeness (QED) is 0.352. The molecule has 2 aromatic heterocycles. The number of nitrogens with one attached hydrogen (secondary N) is 2. The normalized spacial score (nSPS) is 11.3. The molecule has 0 bridgehead atoms. The maximum atomic E-state index is 13.7. The Morgan fingerprint density at radius 3 is 2.43 bits per heavy atom. The van der Waals surface area contributed by atoms with Crippen LogP contribution in [0.15, 0.2) is 88.9 Å². The summed E-state index contributed by atoms with van der Waals surface area (Å²) in [5.74, 6) is -1.59. The van der Waals surface area contributed by atoms with Crippen molar-refractivity contribution in [2.45, 2.75) is 4.90 Å². The SMILES string of the molecule is N#Cc1cc(-c2cccc3cc(S(=O)(=O)Nc4ccncn4)ccc23)c(=O)[nH]c1-c1cc(F)cc(F)c1. The highest BCUT2D eigenvalue weighted by Crippen LogP contribution is 2.31. The van der Waals surface area contributed by atoms with E-state index >= 15 is 0 Å². The van der Waals surface area contributed by atoms with E-state index in [1.807, 2.05) is 6.07 Å². The summed E-state index contributed by atoms with van der Waals surface area (Å²) in [5.41, 5.74) is -0.00344. The topological polar surface area (TPSA) is 129 Å². The standard InChI is InChI=1S/C26H15F2N5O3S/c27-18-8-16(9-19(28)12-18)25-17(13-29)11-23(26(34)32-25)22-3-1-2-15-10-20(4-5-21(15)22)37(35,36)33-24-6-7-30-14-31-24/h1-12,14H,(H,32,34)(H,30,31,33). The summed E-state index contributed by atoms with van der Waals surface area (Å²) in [5, 5.41) is 10.8. The molecule has 5 rings (SSSR count). The molecule has 0 aliphatic heterocycles. The molecule has 8 nitrogen and oxygen atoms in total. The van der Waals surface area contributed by atoms with Crippen molar-refractivity contribution < 1.29 is 17.2 Å². The molecule has 3 aromatic carbocycles. The number of hydrogen-bond donors (Lipinski definition) is 2. The second kappa shape index (κ2) is 9.25. The van der Waals surface area contributed by atoms with Crippen LogP contribution in [-0.2, 0) is 10.0 Å². The Kier molecular flexibility index (Phi) is 5.95. The minimum absolute atomic E-state index is 0.00449. The number of nitrogens with zero attached hydrogens (tertiary/aromatic N) is 3. The van der Waals surface area contributed by atoms with Crippen molar-refractivity contribution in [1.29, 1.82) is 5.26 Å². The summed E-state index contributed by atoms with van der Waals surface area (Å²) in [6.07, 6.45) is 2.62. The van der Waals surface area contributed by atoms with E-state index < -0.39 is 27.2 Å². The second-order valence-corrected chi connectivity index (χ2v) is 9.64. The first-order valence-corrected chi connectivity index (χ1v) is 12.2. The van der Waals surface area contributed by atoms with Gasteiger partial charge in [-0.25, -0.2) is 27.2 Å². The predicted octanol–water partition coefficient (Wildman–Crippen LogP) is 4.60. The fraction of sp³-hybridized carbons (Fsp3) is 0. The van der Waals surface area contributed by atoms with Crippen LogP contribution in [0.4, 0.5) is 14.6 Å². The van der Waals surface area contributed by atoms with Crippen LogP contribution in [0, 0.1) is 23.0 Å². The number of halogens is 2. The van der Waals surface area contributed by atoms with E-state index in [0.717, 1.165) is 12.1 Å². The van der Waals surface area contributed by atoms with Crippen LogP contribution < -0.4 is 10.3 Å². The molecule has 0 saturated carbocycles. The number of benzene rings is 3. The van der Waals surface area contributed by atoms with Gasteiger partial charge in [-0.1, -0.05) is 24.3 Å². The van der Waals surface area contributed by atoms with Crippen molar-refractivity contribution in [3.63, 3.8) is 0 Å². The summed E-state index contributed by atoms with van der Waals surface area (Å²) >= 11 is 0. The summed E-state index contributed by atoms with van der Waals surface area (Å²) in [7, 11) is -3.96. The molecule has 0 atom stereocenters. The first kappa shape index (κ1) is 23.8. The van der Waals surface area contributed by atoms with E-state index in [9.17, 15) is 27.3 Å². The summed E-state index contributed by atoms with van der Waals surface area (Å²) in [4.78, 5) is 23.2. The molecule has 2 heterocycles. The molecule has 0 aliphatic carbocycles. The van der Waals surface area contributed by atoms with Crippen LogP contribution in [0.25, 0.3) is 33.2 Å². The zero-order chi connectivity index (χ0) is 26.2. The lowest BCUT2D eigenvalue weighted by atomic mass is 9.96. The fourth-order valence-corrected chi connectivity index (χ4v) is 5.00. The van der Waals surface area contributed by atoms with Gasteiger partial charge in [-0.2, -0.15) is 5.26 Å². The van der Waals surface area contributed by atoms with Crippen molar-refractivity contribution in [2.24, 2.45) is 0 Å². The Labute approximate surface area is 209 Å². The van der Waals surface area contributed by atoms with Crippen molar-refractivity contribution in [2.75, 3.05) is 4.72 Å². The van der Waals surface area contributed by atoms with Crippen LogP contribution in [0.1, 0.15) is 5.56 Å². The van der Waals surface area contributed by atoms with Crippen molar-refractivity contribution in [3.05, 3.63) is 107 Å². The average molecular weight is 516 g/mol. The zero-order valence-electron chi connectivity index (χ0n) is 18.7. The molecule has 11 heteroatoms. The van der Waals surface area contributed by atoms with Gasteiger partial charge in [0, 0.05) is 23.4 Å². The molecule has 0 radical (unpaired) electrons. The fourth-order valence-electron chi connectivity index (χ4n) is 3.96. The lowest BCUT2D eigenvalue weighted by molar-refractivity contribution is 0.584. The molecule has 37 heavy (non-hydrogen) atoms. The van der Waals surface area contributed by atoms with Gasteiger partial charge in [-0.3, -0.25) is 9.52 Å². The number of aromatic amines is 1. The van der Waals surface area contributed by atoms with E-state index in [1.54, 1.807) is 24.3 Å². The Balaban J connectivity index is 1.60. The van der Waals surface area contributed by atoms with Gasteiger partial charge in [-0.05, 0) is 52.7 Å². The van der Waals surface area contributed by atoms with E-state index in [2.05, 4.69) is 19.7 Å². The second-order valence-electron chi connectivity index (χ2n) is 7.96. The summed E-state index contributed by atoms with van der Waals surface area (Å²) in [6, 6.07) is 16.8. The Morgan fingerprint density at radius 2 is 1.73 bits per heavy atom. The lowest BCUT2D eigenvalue weighted by Gasteiger charge is -2.12. The van der Waals surface area contributed by atoms with Crippen LogP contribution in [0.3, 0.4) is 0 Å². The molecule has 182 valence electrons. The third-order valence-corrected chi connectivity index (χ3v) is 6.94. The van der Waals surface area contributed by atoms with Crippen LogP contribution in [-0.4, -0.2) is 23.4 Å². The third kappa shape index (κ3) is 4.65. The van der Waals surface area contributed by atoms with Crippen LogP contribution in [0.2, 0.25) is 0 Å². The van der Waals surface area contributed by atoms with Gasteiger partial charge in [0.2, 0.25) is 0 Å². The van der Waals surface area contributed by atoms with Crippen LogP contribution in [0.5, 0.6) is 0 Å². The Morgan fingerprint density at radius 1 is 0.946 bits per heavy atom. The first-order valence-electron chi connectivity index (χ1n) is 10.7. The van der Waals surface area contributed by atoms with E-state index in [4.69, 9.17) is 0 Å². The number of fused-ring (bicyclic) bond motifs is 1. The minimum atomic E-state index is -3.96. The molecular formula is C26H15F2N5O3S. The highest BCUT2D eigenvalue weighted by molar-refractivity contribution is 7.92. The highest BCUT2D eigenvalue weighted by Gasteiger charge is 2.18. The lowest BCUT2D eigenvalue weighted by Crippen LogP contribution is -2.14. The van der Waals surface area contributed by atoms with Gasteiger partial charge in [0.25, 0.3) is 15.6 Å². The van der Waals surface area contributed by atoms with Crippen molar-refractivity contribution in [1.82, 2.24) is 15.0 Å². The number of pyridine rings is 1. The van der Waals surface area contributed by atoms with E-state index in [-0.39, 0.29) is 33.1 Å².